The number of hydrogen-bond donors (Lipinski definition) is 1. The van der Waals surface area contributed by atoms with Crippen molar-refractivity contribution in [2.24, 2.45) is 0 Å². The van der Waals surface area contributed by atoms with Crippen molar-refractivity contribution in [2.75, 3.05) is 0 Å². The van der Waals surface area contributed by atoms with Gasteiger partial charge in [0, 0.05) is 10.5 Å². The Labute approximate surface area is 112 Å². The van der Waals surface area contributed by atoms with E-state index in [4.69, 9.17) is 0 Å². The predicted octanol–water partition coefficient (Wildman–Crippen LogP) is 2.58. The third-order valence-corrected chi connectivity index (χ3v) is 3.43. The first-order chi connectivity index (χ1) is 8.34. The molecule has 0 saturated carbocycles. The summed E-state index contributed by atoms with van der Waals surface area (Å²) in [6.45, 7) is 3.02. The van der Waals surface area contributed by atoms with Crippen molar-refractivity contribution in [3.63, 3.8) is 0 Å². The summed E-state index contributed by atoms with van der Waals surface area (Å²) in [6.07, 6.45) is 0. The molecule has 0 fully saturated rings. The summed E-state index contributed by atoms with van der Waals surface area (Å²) < 4.78 is 2.19. The molecule has 0 amide bonds. The number of carbonyl (C=O) groups is 1. The molecular weight excluding hydrogens is 298 g/mol. The number of carboxylic acid groups (broad SMARTS) is 1. The second kappa shape index (κ2) is 4.24. The molecule has 4 nitrogen and oxygen atoms in total. The minimum atomic E-state index is -1.29. The molecule has 1 aromatic carbocycles. The number of aliphatic carboxylic acids is 1. The van der Waals surface area contributed by atoms with Gasteiger partial charge in [-0.15, -0.1) is 0 Å². The lowest BCUT2D eigenvalue weighted by Gasteiger charge is -2.24. The number of rotatable bonds is 2. The van der Waals surface area contributed by atoms with Crippen LogP contribution < -0.4 is 5.56 Å². The van der Waals surface area contributed by atoms with Gasteiger partial charge in [-0.25, -0.2) is 4.79 Å². The highest BCUT2D eigenvalue weighted by Crippen LogP contribution is 2.23. The topological polar surface area (TPSA) is 59.3 Å². The Morgan fingerprint density at radius 3 is 2.56 bits per heavy atom. The Morgan fingerprint density at radius 1 is 1.28 bits per heavy atom. The van der Waals surface area contributed by atoms with Crippen LogP contribution in [0.2, 0.25) is 0 Å². The SMILES string of the molecule is CC(C)(C(=O)O)n1c(=O)ccc2cc(Br)ccc21. The molecule has 94 valence electrons. The molecule has 2 rings (SSSR count). The Morgan fingerprint density at radius 2 is 1.94 bits per heavy atom. The van der Waals surface area contributed by atoms with E-state index in [0.29, 0.717) is 5.52 Å². The average molecular weight is 310 g/mol. The van der Waals surface area contributed by atoms with E-state index in [1.54, 1.807) is 18.2 Å². The van der Waals surface area contributed by atoms with E-state index < -0.39 is 11.5 Å². The summed E-state index contributed by atoms with van der Waals surface area (Å²) in [6, 6.07) is 8.46. The summed E-state index contributed by atoms with van der Waals surface area (Å²) in [4.78, 5) is 23.3. The Hall–Kier alpha value is -1.62. The second-order valence-electron chi connectivity index (χ2n) is 4.57. The molecule has 0 bridgehead atoms. The highest BCUT2D eigenvalue weighted by atomic mass is 79.9. The molecule has 1 aromatic heterocycles. The van der Waals surface area contributed by atoms with E-state index in [9.17, 15) is 14.7 Å². The minimum absolute atomic E-state index is 0.322. The van der Waals surface area contributed by atoms with Gasteiger partial charge in [-0.1, -0.05) is 15.9 Å². The second-order valence-corrected chi connectivity index (χ2v) is 5.49. The first-order valence-electron chi connectivity index (χ1n) is 5.39. The third-order valence-electron chi connectivity index (χ3n) is 2.94. The van der Waals surface area contributed by atoms with Crippen LogP contribution >= 0.6 is 15.9 Å². The summed E-state index contributed by atoms with van der Waals surface area (Å²) in [5, 5.41) is 10.1. The van der Waals surface area contributed by atoms with E-state index in [0.717, 1.165) is 9.86 Å². The molecule has 1 N–H and O–H groups in total. The van der Waals surface area contributed by atoms with Crippen LogP contribution in [0.1, 0.15) is 13.8 Å². The lowest BCUT2D eigenvalue weighted by molar-refractivity contribution is -0.145. The Kier molecular flexibility index (Phi) is 3.02. The van der Waals surface area contributed by atoms with Crippen molar-refractivity contribution >= 4 is 32.8 Å². The first-order valence-corrected chi connectivity index (χ1v) is 6.18. The van der Waals surface area contributed by atoms with E-state index in [1.807, 2.05) is 6.07 Å². The Balaban J connectivity index is 2.89. The molecule has 0 radical (unpaired) electrons. The summed E-state index contributed by atoms with van der Waals surface area (Å²) in [5.74, 6) is -1.04. The van der Waals surface area contributed by atoms with Gasteiger partial charge >= 0.3 is 5.97 Å². The van der Waals surface area contributed by atoms with Gasteiger partial charge in [-0.3, -0.25) is 9.36 Å². The van der Waals surface area contributed by atoms with Gasteiger partial charge in [0.1, 0.15) is 5.54 Å². The van der Waals surface area contributed by atoms with E-state index in [1.165, 1.54) is 24.5 Å². The summed E-state index contributed by atoms with van der Waals surface area (Å²) in [5.41, 5.74) is -1.000. The molecule has 0 unspecified atom stereocenters. The number of carboxylic acids is 1. The highest BCUT2D eigenvalue weighted by Gasteiger charge is 2.31. The van der Waals surface area contributed by atoms with Crippen LogP contribution in [-0.2, 0) is 10.3 Å². The van der Waals surface area contributed by atoms with Crippen LogP contribution in [0, 0.1) is 0 Å². The molecule has 18 heavy (non-hydrogen) atoms. The predicted molar refractivity (Wildman–Crippen MR) is 72.9 cm³/mol. The van der Waals surface area contributed by atoms with Crippen molar-refractivity contribution in [3.8, 4) is 0 Å². The van der Waals surface area contributed by atoms with Gasteiger partial charge in [0.15, 0.2) is 0 Å². The normalized spacial score (nSPS) is 11.7. The molecule has 5 heteroatoms. The minimum Gasteiger partial charge on any atom is -0.480 e. The van der Waals surface area contributed by atoms with Gasteiger partial charge in [0.25, 0.3) is 5.56 Å². The van der Waals surface area contributed by atoms with Crippen LogP contribution in [0.15, 0.2) is 39.6 Å². The molecule has 1 heterocycles. The van der Waals surface area contributed by atoms with Crippen molar-refractivity contribution in [2.45, 2.75) is 19.4 Å². The molecular formula is C13H12BrNO3. The molecule has 0 aliphatic rings. The molecule has 0 atom stereocenters. The summed E-state index contributed by atoms with van der Waals surface area (Å²) >= 11 is 3.35. The highest BCUT2D eigenvalue weighted by molar-refractivity contribution is 9.10. The maximum Gasteiger partial charge on any atom is 0.329 e. The van der Waals surface area contributed by atoms with Crippen molar-refractivity contribution in [1.29, 1.82) is 0 Å². The lowest BCUT2D eigenvalue weighted by Crippen LogP contribution is -2.42. The van der Waals surface area contributed by atoms with Gasteiger partial charge in [0.05, 0.1) is 5.52 Å². The van der Waals surface area contributed by atoms with Crippen molar-refractivity contribution < 1.29 is 9.90 Å². The maximum absolute atomic E-state index is 12.0. The number of halogens is 1. The largest absolute Gasteiger partial charge is 0.480 e. The van der Waals surface area contributed by atoms with Gasteiger partial charge in [0.2, 0.25) is 0 Å². The molecule has 0 spiro atoms. The molecule has 0 aliphatic carbocycles. The van der Waals surface area contributed by atoms with Crippen LogP contribution in [0.25, 0.3) is 10.9 Å². The zero-order valence-corrected chi connectivity index (χ0v) is 11.6. The smallest absolute Gasteiger partial charge is 0.329 e. The fraction of sp³-hybridized carbons (Fsp3) is 0.231. The number of pyridine rings is 1. The van der Waals surface area contributed by atoms with Gasteiger partial charge in [-0.05, 0) is 43.5 Å². The monoisotopic (exact) mass is 309 g/mol. The van der Waals surface area contributed by atoms with Crippen LogP contribution in [0.5, 0.6) is 0 Å². The number of fused-ring (bicyclic) bond motifs is 1. The van der Waals surface area contributed by atoms with Crippen LogP contribution in [-0.4, -0.2) is 15.6 Å². The van der Waals surface area contributed by atoms with Crippen LogP contribution in [0.4, 0.5) is 0 Å². The van der Waals surface area contributed by atoms with Crippen LogP contribution in [0.3, 0.4) is 0 Å². The first kappa shape index (κ1) is 12.8. The maximum atomic E-state index is 12.0. The van der Waals surface area contributed by atoms with E-state index in [2.05, 4.69) is 15.9 Å². The third kappa shape index (κ3) is 1.95. The van der Waals surface area contributed by atoms with Gasteiger partial charge in [-0.2, -0.15) is 0 Å². The number of benzene rings is 1. The van der Waals surface area contributed by atoms with E-state index >= 15 is 0 Å². The zero-order chi connectivity index (χ0) is 13.5. The number of hydrogen-bond acceptors (Lipinski definition) is 2. The lowest BCUT2D eigenvalue weighted by atomic mass is 10.0. The summed E-state index contributed by atoms with van der Waals surface area (Å²) in [7, 11) is 0. The average Bonchev–Trinajstić information content (AvgIpc) is 2.28. The quantitative estimate of drug-likeness (QED) is 0.927. The van der Waals surface area contributed by atoms with Crippen molar-refractivity contribution in [1.82, 2.24) is 4.57 Å². The fourth-order valence-corrected chi connectivity index (χ4v) is 2.27. The zero-order valence-electron chi connectivity index (χ0n) is 9.98. The molecule has 2 aromatic rings. The fourth-order valence-electron chi connectivity index (χ4n) is 1.89. The molecule has 0 aliphatic heterocycles. The number of aromatic nitrogens is 1. The van der Waals surface area contributed by atoms with E-state index in [-0.39, 0.29) is 5.56 Å². The number of nitrogens with zero attached hydrogens (tertiary/aromatic N) is 1. The van der Waals surface area contributed by atoms with Crippen molar-refractivity contribution in [3.05, 3.63) is 45.2 Å². The van der Waals surface area contributed by atoms with Gasteiger partial charge < -0.3 is 5.11 Å². The standard InChI is InChI=1S/C13H12BrNO3/c1-13(2,12(17)18)15-10-5-4-9(14)7-8(10)3-6-11(15)16/h3-7H,1-2H3,(H,17,18). The molecule has 0 saturated heterocycles. The Bertz CT molecular complexity index is 688.